The van der Waals surface area contributed by atoms with Crippen molar-refractivity contribution >= 4 is 11.0 Å². The van der Waals surface area contributed by atoms with E-state index in [4.69, 9.17) is 5.73 Å². The molecule has 0 aliphatic heterocycles. The average molecular weight is 267 g/mol. The Morgan fingerprint density at radius 1 is 1.20 bits per heavy atom. The molecule has 0 saturated heterocycles. The highest BCUT2D eigenvalue weighted by molar-refractivity contribution is 5.73. The molecule has 1 aromatic carbocycles. The van der Waals surface area contributed by atoms with Crippen molar-refractivity contribution in [3.8, 4) is 0 Å². The zero-order chi connectivity index (χ0) is 13.9. The van der Waals surface area contributed by atoms with Crippen LogP contribution in [0, 0.1) is 0 Å². The fourth-order valence-corrected chi connectivity index (χ4v) is 2.22. The molecule has 2 heterocycles. The van der Waals surface area contributed by atoms with Crippen LogP contribution in [0.5, 0.6) is 0 Å². The van der Waals surface area contributed by atoms with Gasteiger partial charge in [-0.15, -0.1) is 0 Å². The van der Waals surface area contributed by atoms with Crippen LogP contribution in [0.1, 0.15) is 23.7 Å². The standard InChI is InChI=1S/C15H17N5/c1-20-10-11(8-18-20)6-7-12(16)15-9-17-13-4-2-3-5-14(13)19-15/h2-5,8-10,12H,6-7,16H2,1H3. The molecule has 0 fully saturated rings. The SMILES string of the molecule is Cn1cc(CCC(N)c2cnc3ccccc3n2)cn1. The van der Waals surface area contributed by atoms with Gasteiger partial charge in [-0.05, 0) is 30.5 Å². The molecule has 1 unspecified atom stereocenters. The number of nitrogens with zero attached hydrogens (tertiary/aromatic N) is 4. The molecule has 0 spiro atoms. The first-order valence-electron chi connectivity index (χ1n) is 6.67. The monoisotopic (exact) mass is 267 g/mol. The molecule has 5 nitrogen and oxygen atoms in total. The van der Waals surface area contributed by atoms with Crippen LogP contribution < -0.4 is 5.73 Å². The third-order valence-electron chi connectivity index (χ3n) is 3.35. The number of rotatable bonds is 4. The number of aromatic nitrogens is 4. The van der Waals surface area contributed by atoms with Crippen molar-refractivity contribution in [1.29, 1.82) is 0 Å². The summed E-state index contributed by atoms with van der Waals surface area (Å²) in [6.07, 6.45) is 7.38. The van der Waals surface area contributed by atoms with E-state index < -0.39 is 0 Å². The Morgan fingerprint density at radius 3 is 2.75 bits per heavy atom. The molecule has 2 aromatic heterocycles. The lowest BCUT2D eigenvalue weighted by Gasteiger charge is -2.10. The Bertz CT molecular complexity index is 719. The van der Waals surface area contributed by atoms with E-state index >= 15 is 0 Å². The minimum absolute atomic E-state index is 0.104. The molecule has 1 atom stereocenters. The maximum atomic E-state index is 6.21. The Morgan fingerprint density at radius 2 is 2.00 bits per heavy atom. The summed E-state index contributed by atoms with van der Waals surface area (Å²) in [5.41, 5.74) is 10.0. The van der Waals surface area contributed by atoms with Gasteiger partial charge >= 0.3 is 0 Å². The minimum atomic E-state index is -0.104. The second-order valence-electron chi connectivity index (χ2n) is 4.95. The highest BCUT2D eigenvalue weighted by Gasteiger charge is 2.10. The second kappa shape index (κ2) is 5.38. The molecule has 0 aliphatic carbocycles. The van der Waals surface area contributed by atoms with Crippen molar-refractivity contribution in [1.82, 2.24) is 19.7 Å². The molecule has 102 valence electrons. The normalized spacial score (nSPS) is 12.7. The van der Waals surface area contributed by atoms with Gasteiger partial charge in [0.2, 0.25) is 0 Å². The summed E-state index contributed by atoms with van der Waals surface area (Å²) in [5, 5.41) is 4.16. The zero-order valence-corrected chi connectivity index (χ0v) is 11.4. The topological polar surface area (TPSA) is 69.6 Å². The third kappa shape index (κ3) is 2.67. The number of hydrogen-bond donors (Lipinski definition) is 1. The van der Waals surface area contributed by atoms with Gasteiger partial charge < -0.3 is 5.73 Å². The van der Waals surface area contributed by atoms with Crippen LogP contribution in [0.4, 0.5) is 0 Å². The van der Waals surface area contributed by atoms with E-state index in [1.807, 2.05) is 43.7 Å². The summed E-state index contributed by atoms with van der Waals surface area (Å²) < 4.78 is 1.80. The van der Waals surface area contributed by atoms with Gasteiger partial charge in [-0.2, -0.15) is 5.10 Å². The molecule has 0 amide bonds. The zero-order valence-electron chi connectivity index (χ0n) is 11.4. The van der Waals surface area contributed by atoms with Crippen LogP contribution in [-0.2, 0) is 13.5 Å². The quantitative estimate of drug-likeness (QED) is 0.785. The van der Waals surface area contributed by atoms with E-state index in [1.54, 1.807) is 10.9 Å². The fraction of sp³-hybridized carbons (Fsp3) is 0.267. The Hall–Kier alpha value is -2.27. The molecule has 0 saturated carbocycles. The molecule has 5 heteroatoms. The average Bonchev–Trinajstić information content (AvgIpc) is 2.90. The largest absolute Gasteiger partial charge is 0.323 e. The Kier molecular flexibility index (Phi) is 3.43. The molecule has 0 aliphatic rings. The number of para-hydroxylation sites is 2. The highest BCUT2D eigenvalue weighted by atomic mass is 15.2. The number of benzene rings is 1. The third-order valence-corrected chi connectivity index (χ3v) is 3.35. The van der Waals surface area contributed by atoms with Crippen molar-refractivity contribution in [3.05, 3.63) is 54.1 Å². The molecule has 2 N–H and O–H groups in total. The maximum Gasteiger partial charge on any atom is 0.0890 e. The van der Waals surface area contributed by atoms with Gasteiger partial charge in [0.1, 0.15) is 0 Å². The van der Waals surface area contributed by atoms with Gasteiger partial charge in [0.15, 0.2) is 0 Å². The van der Waals surface area contributed by atoms with Crippen LogP contribution in [-0.4, -0.2) is 19.7 Å². The smallest absolute Gasteiger partial charge is 0.0890 e. The van der Waals surface area contributed by atoms with Gasteiger partial charge in [0.05, 0.1) is 29.1 Å². The van der Waals surface area contributed by atoms with E-state index in [-0.39, 0.29) is 6.04 Å². The van der Waals surface area contributed by atoms with Crippen molar-refractivity contribution in [2.24, 2.45) is 12.8 Å². The number of fused-ring (bicyclic) bond motifs is 1. The lowest BCUT2D eigenvalue weighted by molar-refractivity contribution is 0.633. The first-order chi connectivity index (χ1) is 9.72. The summed E-state index contributed by atoms with van der Waals surface area (Å²) in [6.45, 7) is 0. The van der Waals surface area contributed by atoms with Crippen molar-refractivity contribution in [2.75, 3.05) is 0 Å². The first kappa shape index (κ1) is 12.7. The molecular formula is C15H17N5. The lowest BCUT2D eigenvalue weighted by atomic mass is 10.1. The summed E-state index contributed by atoms with van der Waals surface area (Å²) in [7, 11) is 1.91. The fourth-order valence-electron chi connectivity index (χ4n) is 2.22. The first-order valence-corrected chi connectivity index (χ1v) is 6.67. The van der Waals surface area contributed by atoms with Crippen molar-refractivity contribution in [2.45, 2.75) is 18.9 Å². The van der Waals surface area contributed by atoms with E-state index in [1.165, 1.54) is 5.56 Å². The Labute approximate surface area is 117 Å². The van der Waals surface area contributed by atoms with Crippen LogP contribution in [0.2, 0.25) is 0 Å². The van der Waals surface area contributed by atoms with Crippen LogP contribution in [0.25, 0.3) is 11.0 Å². The molecule has 0 radical (unpaired) electrons. The van der Waals surface area contributed by atoms with Gasteiger partial charge in [-0.25, -0.2) is 4.98 Å². The second-order valence-corrected chi connectivity index (χ2v) is 4.95. The van der Waals surface area contributed by atoms with Crippen molar-refractivity contribution < 1.29 is 0 Å². The predicted molar refractivity (Wildman–Crippen MR) is 78.0 cm³/mol. The molecular weight excluding hydrogens is 250 g/mol. The Balaban J connectivity index is 1.73. The van der Waals surface area contributed by atoms with Gasteiger partial charge in [0, 0.05) is 19.3 Å². The molecule has 3 aromatic rings. The number of nitrogens with two attached hydrogens (primary N) is 1. The summed E-state index contributed by atoms with van der Waals surface area (Å²) in [4.78, 5) is 8.99. The van der Waals surface area contributed by atoms with Crippen molar-refractivity contribution in [3.63, 3.8) is 0 Å². The van der Waals surface area contributed by atoms with Crippen LogP contribution >= 0.6 is 0 Å². The number of aryl methyl sites for hydroxylation is 2. The molecule has 20 heavy (non-hydrogen) atoms. The lowest BCUT2D eigenvalue weighted by Crippen LogP contribution is -2.13. The summed E-state index contributed by atoms with van der Waals surface area (Å²) in [5.74, 6) is 0. The van der Waals surface area contributed by atoms with Crippen LogP contribution in [0.3, 0.4) is 0 Å². The van der Waals surface area contributed by atoms with Gasteiger partial charge in [-0.3, -0.25) is 9.67 Å². The van der Waals surface area contributed by atoms with Gasteiger partial charge in [0.25, 0.3) is 0 Å². The minimum Gasteiger partial charge on any atom is -0.323 e. The van der Waals surface area contributed by atoms with E-state index in [0.717, 1.165) is 29.6 Å². The van der Waals surface area contributed by atoms with E-state index in [9.17, 15) is 0 Å². The highest BCUT2D eigenvalue weighted by Crippen LogP contribution is 2.17. The number of hydrogen-bond acceptors (Lipinski definition) is 4. The molecule has 3 rings (SSSR count). The van der Waals surface area contributed by atoms with E-state index in [0.29, 0.717) is 0 Å². The van der Waals surface area contributed by atoms with Gasteiger partial charge in [-0.1, -0.05) is 12.1 Å². The summed E-state index contributed by atoms with van der Waals surface area (Å²) >= 11 is 0. The van der Waals surface area contributed by atoms with E-state index in [2.05, 4.69) is 15.1 Å². The predicted octanol–water partition coefficient (Wildman–Crippen LogP) is 2.00. The maximum absolute atomic E-state index is 6.21. The summed E-state index contributed by atoms with van der Waals surface area (Å²) in [6, 6.07) is 7.72. The van der Waals surface area contributed by atoms with Crippen LogP contribution in [0.15, 0.2) is 42.9 Å². The molecule has 0 bridgehead atoms.